The molecule has 0 atom stereocenters. The number of halogens is 1. The van der Waals surface area contributed by atoms with Crippen LogP contribution in [0.25, 0.3) is 28.2 Å². The number of pyridine rings is 1. The number of rotatable bonds is 3. The zero-order valence-corrected chi connectivity index (χ0v) is 14.0. The summed E-state index contributed by atoms with van der Waals surface area (Å²) in [5, 5.41) is 9.10. The smallest absolute Gasteiger partial charge is 0.182 e. The van der Waals surface area contributed by atoms with E-state index in [2.05, 4.69) is 29.0 Å². The molecule has 0 spiro atoms. The van der Waals surface area contributed by atoms with Crippen LogP contribution in [0.15, 0.2) is 53.4 Å². The van der Waals surface area contributed by atoms with Crippen molar-refractivity contribution >= 4 is 17.2 Å². The molecule has 5 nitrogen and oxygen atoms in total. The van der Waals surface area contributed by atoms with Gasteiger partial charge in [-0.15, -0.1) is 10.2 Å². The number of benzene rings is 1. The third-order valence-corrected chi connectivity index (χ3v) is 4.23. The van der Waals surface area contributed by atoms with E-state index in [-0.39, 0.29) is 5.92 Å². The Kier molecular flexibility index (Phi) is 3.58. The molecular formula is C18H15ClN4O. The van der Waals surface area contributed by atoms with Crippen LogP contribution in [0.5, 0.6) is 0 Å². The van der Waals surface area contributed by atoms with Crippen molar-refractivity contribution in [1.29, 1.82) is 0 Å². The second kappa shape index (κ2) is 5.76. The Morgan fingerprint density at radius 1 is 1.08 bits per heavy atom. The fourth-order valence-electron chi connectivity index (χ4n) is 2.73. The van der Waals surface area contributed by atoms with Crippen molar-refractivity contribution in [1.82, 2.24) is 19.6 Å². The van der Waals surface area contributed by atoms with Gasteiger partial charge in [0, 0.05) is 23.2 Å². The lowest BCUT2D eigenvalue weighted by atomic mass is 10.1. The molecule has 0 aliphatic heterocycles. The summed E-state index contributed by atoms with van der Waals surface area (Å²) < 4.78 is 7.65. The highest BCUT2D eigenvalue weighted by atomic mass is 35.5. The third kappa shape index (κ3) is 2.37. The summed E-state index contributed by atoms with van der Waals surface area (Å²) in [5.74, 6) is 1.85. The number of aromatic nitrogens is 4. The van der Waals surface area contributed by atoms with Gasteiger partial charge in [-0.2, -0.15) is 0 Å². The first-order valence-electron chi connectivity index (χ1n) is 7.68. The molecule has 0 saturated carbocycles. The maximum atomic E-state index is 6.31. The molecular weight excluding hydrogens is 324 g/mol. The normalized spacial score (nSPS) is 11.5. The van der Waals surface area contributed by atoms with E-state index in [1.807, 2.05) is 47.0 Å². The molecule has 0 saturated heterocycles. The minimum absolute atomic E-state index is 0.271. The van der Waals surface area contributed by atoms with Crippen LogP contribution in [0.2, 0.25) is 5.02 Å². The molecule has 1 aromatic carbocycles. The average Bonchev–Trinajstić information content (AvgIpc) is 3.21. The zero-order valence-electron chi connectivity index (χ0n) is 13.3. The van der Waals surface area contributed by atoms with Crippen molar-refractivity contribution < 1.29 is 4.42 Å². The van der Waals surface area contributed by atoms with Gasteiger partial charge in [0.15, 0.2) is 17.8 Å². The van der Waals surface area contributed by atoms with E-state index in [0.29, 0.717) is 10.8 Å². The molecule has 24 heavy (non-hydrogen) atoms. The molecule has 0 radical (unpaired) electrons. The topological polar surface area (TPSA) is 56.2 Å². The Morgan fingerprint density at radius 3 is 2.71 bits per heavy atom. The maximum absolute atomic E-state index is 6.31. The van der Waals surface area contributed by atoms with Crippen LogP contribution in [0, 0.1) is 0 Å². The van der Waals surface area contributed by atoms with E-state index in [1.54, 1.807) is 0 Å². The van der Waals surface area contributed by atoms with E-state index in [1.165, 1.54) is 6.39 Å². The van der Waals surface area contributed by atoms with Crippen molar-refractivity contribution in [2.75, 3.05) is 0 Å². The number of fused-ring (bicyclic) bond motifs is 1. The van der Waals surface area contributed by atoms with Crippen LogP contribution >= 0.6 is 11.6 Å². The second-order valence-corrected chi connectivity index (χ2v) is 6.28. The van der Waals surface area contributed by atoms with Crippen molar-refractivity contribution in [2.45, 2.75) is 19.8 Å². The lowest BCUT2D eigenvalue weighted by molar-refractivity contribution is 0.572. The van der Waals surface area contributed by atoms with Crippen molar-refractivity contribution in [2.24, 2.45) is 0 Å². The number of nitrogens with zero attached hydrogens (tertiary/aromatic N) is 4. The highest BCUT2D eigenvalue weighted by molar-refractivity contribution is 6.33. The molecule has 0 bridgehead atoms. The predicted molar refractivity (Wildman–Crippen MR) is 93.0 cm³/mol. The van der Waals surface area contributed by atoms with Crippen molar-refractivity contribution in [3.05, 3.63) is 59.8 Å². The fourth-order valence-corrected chi connectivity index (χ4v) is 2.96. The minimum Gasteiger partial charge on any atom is -0.443 e. The van der Waals surface area contributed by atoms with Crippen LogP contribution in [0.1, 0.15) is 25.6 Å². The van der Waals surface area contributed by atoms with Gasteiger partial charge >= 0.3 is 0 Å². The molecule has 120 valence electrons. The zero-order chi connectivity index (χ0) is 16.7. The van der Waals surface area contributed by atoms with E-state index in [0.717, 1.165) is 28.3 Å². The Labute approximate surface area is 143 Å². The first-order chi connectivity index (χ1) is 11.6. The van der Waals surface area contributed by atoms with E-state index in [9.17, 15) is 0 Å². The Morgan fingerprint density at radius 2 is 1.92 bits per heavy atom. The first-order valence-corrected chi connectivity index (χ1v) is 8.06. The first kappa shape index (κ1) is 14.9. The SMILES string of the molecule is CC(C)c1nnc2ccc(-c3ocnc3-c3ccccc3Cl)cn12. The standard InChI is InChI=1S/C18H15ClN4O/c1-11(2)18-22-21-15-8-7-12(9-23(15)18)17-16(20-10-24-17)13-5-3-4-6-14(13)19/h3-11H,1-2H3. The highest BCUT2D eigenvalue weighted by Crippen LogP contribution is 2.35. The summed E-state index contributed by atoms with van der Waals surface area (Å²) in [4.78, 5) is 4.36. The van der Waals surface area contributed by atoms with Gasteiger partial charge in [0.05, 0.1) is 5.02 Å². The molecule has 4 aromatic rings. The molecule has 0 aliphatic carbocycles. The van der Waals surface area contributed by atoms with Crippen molar-refractivity contribution in [3.8, 4) is 22.6 Å². The van der Waals surface area contributed by atoms with Gasteiger partial charge in [-0.25, -0.2) is 4.98 Å². The van der Waals surface area contributed by atoms with Gasteiger partial charge in [-0.3, -0.25) is 4.40 Å². The van der Waals surface area contributed by atoms with E-state index < -0.39 is 0 Å². The summed E-state index contributed by atoms with van der Waals surface area (Å²) in [5.41, 5.74) is 3.27. The van der Waals surface area contributed by atoms with Gasteiger partial charge in [0.25, 0.3) is 0 Å². The van der Waals surface area contributed by atoms with Gasteiger partial charge in [-0.1, -0.05) is 43.6 Å². The fraction of sp³-hybridized carbons (Fsp3) is 0.167. The monoisotopic (exact) mass is 338 g/mol. The largest absolute Gasteiger partial charge is 0.443 e. The maximum Gasteiger partial charge on any atom is 0.182 e. The lowest BCUT2D eigenvalue weighted by Gasteiger charge is -2.06. The third-order valence-electron chi connectivity index (χ3n) is 3.90. The summed E-state index contributed by atoms with van der Waals surface area (Å²) in [6, 6.07) is 11.5. The Bertz CT molecular complexity index is 1020. The van der Waals surface area contributed by atoms with E-state index in [4.69, 9.17) is 16.0 Å². The summed E-state index contributed by atoms with van der Waals surface area (Å²) in [7, 11) is 0. The van der Waals surface area contributed by atoms with Crippen LogP contribution in [0.4, 0.5) is 0 Å². The van der Waals surface area contributed by atoms with Gasteiger partial charge in [0.1, 0.15) is 11.5 Å². The number of hydrogen-bond acceptors (Lipinski definition) is 4. The summed E-state index contributed by atoms with van der Waals surface area (Å²) in [6.07, 6.45) is 3.42. The molecule has 0 unspecified atom stereocenters. The average molecular weight is 339 g/mol. The molecule has 3 aromatic heterocycles. The van der Waals surface area contributed by atoms with Gasteiger partial charge < -0.3 is 4.42 Å². The highest BCUT2D eigenvalue weighted by Gasteiger charge is 2.17. The lowest BCUT2D eigenvalue weighted by Crippen LogP contribution is -1.97. The van der Waals surface area contributed by atoms with Crippen LogP contribution in [-0.2, 0) is 0 Å². The molecule has 0 fully saturated rings. The number of hydrogen-bond donors (Lipinski definition) is 0. The number of oxazole rings is 1. The summed E-state index contributed by atoms with van der Waals surface area (Å²) in [6.45, 7) is 4.18. The second-order valence-electron chi connectivity index (χ2n) is 5.87. The minimum atomic E-state index is 0.271. The summed E-state index contributed by atoms with van der Waals surface area (Å²) >= 11 is 6.31. The molecule has 6 heteroatoms. The van der Waals surface area contributed by atoms with Crippen molar-refractivity contribution in [3.63, 3.8) is 0 Å². The quantitative estimate of drug-likeness (QED) is 0.537. The van der Waals surface area contributed by atoms with Crippen LogP contribution in [-0.4, -0.2) is 19.6 Å². The predicted octanol–water partition coefficient (Wildman–Crippen LogP) is 4.83. The van der Waals surface area contributed by atoms with Gasteiger partial charge in [0.2, 0.25) is 0 Å². The van der Waals surface area contributed by atoms with Crippen LogP contribution < -0.4 is 0 Å². The van der Waals surface area contributed by atoms with E-state index >= 15 is 0 Å². The molecule has 0 amide bonds. The molecule has 3 heterocycles. The Hall–Kier alpha value is -2.66. The Balaban J connectivity index is 1.89. The molecule has 0 aliphatic rings. The molecule has 4 rings (SSSR count). The molecule has 0 N–H and O–H groups in total. The van der Waals surface area contributed by atoms with Crippen LogP contribution in [0.3, 0.4) is 0 Å². The van der Waals surface area contributed by atoms with Gasteiger partial charge in [-0.05, 0) is 18.2 Å².